The normalized spacial score (nSPS) is 27.1. The zero-order valence-corrected chi connectivity index (χ0v) is 9.05. The number of hydrogen-bond acceptors (Lipinski definition) is 3. The third-order valence-corrected chi connectivity index (χ3v) is 3.06. The van der Waals surface area contributed by atoms with Gasteiger partial charge in [0.05, 0.1) is 24.3 Å². The van der Waals surface area contributed by atoms with E-state index in [0.717, 1.165) is 12.1 Å². The molecule has 1 fully saturated rings. The van der Waals surface area contributed by atoms with Crippen molar-refractivity contribution in [1.82, 2.24) is 14.5 Å². The number of likely N-dealkylation sites (tertiary alicyclic amines) is 1. The van der Waals surface area contributed by atoms with Crippen LogP contribution >= 0.6 is 0 Å². The lowest BCUT2D eigenvalue weighted by molar-refractivity contribution is -0.135. The molecule has 1 aliphatic rings. The predicted molar refractivity (Wildman–Crippen MR) is 55.9 cm³/mol. The van der Waals surface area contributed by atoms with E-state index in [2.05, 4.69) is 4.98 Å². The summed E-state index contributed by atoms with van der Waals surface area (Å²) in [4.78, 5) is 17.4. The lowest BCUT2D eigenvalue weighted by atomic mass is 9.95. The van der Waals surface area contributed by atoms with E-state index in [1.807, 2.05) is 11.6 Å². The van der Waals surface area contributed by atoms with Crippen molar-refractivity contribution >= 4 is 5.91 Å². The quantitative estimate of drug-likeness (QED) is 0.708. The van der Waals surface area contributed by atoms with Crippen LogP contribution in [0.25, 0.3) is 0 Å². The highest BCUT2D eigenvalue weighted by atomic mass is 16.2. The minimum atomic E-state index is -0.0428. The van der Waals surface area contributed by atoms with Crippen LogP contribution in [0.5, 0.6) is 0 Å². The molecule has 5 nitrogen and oxygen atoms in total. The molecule has 2 heterocycles. The summed E-state index contributed by atoms with van der Waals surface area (Å²) in [6, 6.07) is -0.0400. The van der Waals surface area contributed by atoms with Crippen LogP contribution in [0.3, 0.4) is 0 Å². The number of aromatic nitrogens is 2. The Kier molecular flexibility index (Phi) is 2.48. The highest BCUT2D eigenvalue weighted by molar-refractivity contribution is 5.77. The van der Waals surface area contributed by atoms with Crippen molar-refractivity contribution in [3.05, 3.63) is 18.2 Å². The minimum absolute atomic E-state index is 0.00287. The van der Waals surface area contributed by atoms with Crippen LogP contribution in [0.1, 0.15) is 24.6 Å². The van der Waals surface area contributed by atoms with Gasteiger partial charge < -0.3 is 15.2 Å². The molecule has 0 unspecified atom stereocenters. The largest absolute Gasteiger partial charge is 0.336 e. The Bertz CT molecular complexity index is 373. The van der Waals surface area contributed by atoms with Crippen LogP contribution in [-0.4, -0.2) is 33.4 Å². The van der Waals surface area contributed by atoms with Crippen molar-refractivity contribution in [2.45, 2.75) is 24.9 Å². The van der Waals surface area contributed by atoms with Gasteiger partial charge in [-0.1, -0.05) is 0 Å². The molecule has 0 aliphatic carbocycles. The van der Waals surface area contributed by atoms with Crippen LogP contribution in [0.2, 0.25) is 0 Å². The Morgan fingerprint density at radius 1 is 1.53 bits per heavy atom. The van der Waals surface area contributed by atoms with Gasteiger partial charge in [0, 0.05) is 26.6 Å². The van der Waals surface area contributed by atoms with Crippen molar-refractivity contribution in [1.29, 1.82) is 0 Å². The Labute approximate surface area is 88.9 Å². The number of nitrogens with two attached hydrogens (primary N) is 1. The summed E-state index contributed by atoms with van der Waals surface area (Å²) in [5.74, 6) is 0.155. The average molecular weight is 208 g/mol. The zero-order chi connectivity index (χ0) is 11.0. The number of likely N-dealkylation sites (N-methyl/N-ethyl adjacent to an activating group) is 1. The standard InChI is InChI=1S/C10H16N4O/c1-13-6-12-5-8(13)10-7(11)3-4-9(15)14(10)2/h5-7,10H,3-4,11H2,1-2H3/t7-,10+/m0/s1. The molecule has 0 radical (unpaired) electrons. The lowest BCUT2D eigenvalue weighted by Gasteiger charge is -2.37. The second-order valence-electron chi connectivity index (χ2n) is 4.08. The second kappa shape index (κ2) is 3.66. The molecule has 1 amide bonds. The summed E-state index contributed by atoms with van der Waals surface area (Å²) in [7, 11) is 3.72. The monoisotopic (exact) mass is 208 g/mol. The molecule has 0 aromatic carbocycles. The fraction of sp³-hybridized carbons (Fsp3) is 0.600. The van der Waals surface area contributed by atoms with Gasteiger partial charge >= 0.3 is 0 Å². The SMILES string of the molecule is CN1C(=O)CC[C@H](N)[C@@H]1c1cncn1C. The minimum Gasteiger partial charge on any atom is -0.336 e. The topological polar surface area (TPSA) is 64.2 Å². The molecule has 2 atom stereocenters. The lowest BCUT2D eigenvalue weighted by Crippen LogP contribution is -2.47. The molecule has 82 valence electrons. The summed E-state index contributed by atoms with van der Waals surface area (Å²) in [5.41, 5.74) is 7.05. The fourth-order valence-electron chi connectivity index (χ4n) is 2.14. The van der Waals surface area contributed by atoms with Gasteiger partial charge in [0.1, 0.15) is 0 Å². The average Bonchev–Trinajstić information content (AvgIpc) is 2.60. The first-order valence-corrected chi connectivity index (χ1v) is 5.08. The maximum absolute atomic E-state index is 11.6. The highest BCUT2D eigenvalue weighted by Crippen LogP contribution is 2.28. The number of rotatable bonds is 1. The molecule has 1 saturated heterocycles. The first-order valence-electron chi connectivity index (χ1n) is 5.08. The van der Waals surface area contributed by atoms with E-state index in [1.165, 1.54) is 0 Å². The van der Waals surface area contributed by atoms with E-state index in [4.69, 9.17) is 5.73 Å². The second-order valence-corrected chi connectivity index (χ2v) is 4.08. The van der Waals surface area contributed by atoms with Gasteiger partial charge in [-0.2, -0.15) is 0 Å². The molecule has 0 saturated carbocycles. The summed E-state index contributed by atoms with van der Waals surface area (Å²) in [6.45, 7) is 0. The first kappa shape index (κ1) is 10.2. The number of hydrogen-bond donors (Lipinski definition) is 1. The van der Waals surface area contributed by atoms with Gasteiger partial charge in [-0.15, -0.1) is 0 Å². The molecular formula is C10H16N4O. The Morgan fingerprint density at radius 3 is 2.87 bits per heavy atom. The van der Waals surface area contributed by atoms with Gasteiger partial charge in [-0.05, 0) is 6.42 Å². The molecular weight excluding hydrogens is 192 g/mol. The van der Waals surface area contributed by atoms with Crippen LogP contribution in [0, 0.1) is 0 Å². The molecule has 1 aliphatic heterocycles. The van der Waals surface area contributed by atoms with Gasteiger partial charge in [0.15, 0.2) is 0 Å². The summed E-state index contributed by atoms with van der Waals surface area (Å²) in [6.07, 6.45) is 4.81. The molecule has 15 heavy (non-hydrogen) atoms. The van der Waals surface area contributed by atoms with Crippen molar-refractivity contribution < 1.29 is 4.79 Å². The van der Waals surface area contributed by atoms with E-state index < -0.39 is 0 Å². The molecule has 1 aromatic rings. The molecule has 2 rings (SSSR count). The number of carbonyl (C=O) groups excluding carboxylic acids is 1. The fourth-order valence-corrected chi connectivity index (χ4v) is 2.14. The smallest absolute Gasteiger partial charge is 0.222 e. The van der Waals surface area contributed by atoms with Crippen LogP contribution in [-0.2, 0) is 11.8 Å². The molecule has 0 spiro atoms. The number of nitrogens with zero attached hydrogens (tertiary/aromatic N) is 3. The first-order chi connectivity index (χ1) is 7.11. The molecule has 0 bridgehead atoms. The Balaban J connectivity index is 2.33. The van der Waals surface area contributed by atoms with Crippen molar-refractivity contribution in [2.24, 2.45) is 12.8 Å². The van der Waals surface area contributed by atoms with E-state index in [0.29, 0.717) is 6.42 Å². The van der Waals surface area contributed by atoms with E-state index in [1.54, 1.807) is 24.5 Å². The Hall–Kier alpha value is -1.36. The molecule has 1 aromatic heterocycles. The molecule has 5 heteroatoms. The third-order valence-electron chi connectivity index (χ3n) is 3.06. The maximum atomic E-state index is 11.6. The number of imidazole rings is 1. The van der Waals surface area contributed by atoms with Crippen molar-refractivity contribution in [2.75, 3.05) is 7.05 Å². The van der Waals surface area contributed by atoms with E-state index in [-0.39, 0.29) is 18.0 Å². The van der Waals surface area contributed by atoms with Crippen molar-refractivity contribution in [3.8, 4) is 0 Å². The number of carbonyl (C=O) groups is 1. The van der Waals surface area contributed by atoms with Gasteiger partial charge in [-0.25, -0.2) is 4.98 Å². The summed E-state index contributed by atoms with van der Waals surface area (Å²) >= 11 is 0. The van der Waals surface area contributed by atoms with E-state index >= 15 is 0 Å². The van der Waals surface area contributed by atoms with E-state index in [9.17, 15) is 4.79 Å². The van der Waals surface area contributed by atoms with Gasteiger partial charge in [-0.3, -0.25) is 4.79 Å². The number of aryl methyl sites for hydroxylation is 1. The van der Waals surface area contributed by atoms with Gasteiger partial charge in [0.2, 0.25) is 5.91 Å². The van der Waals surface area contributed by atoms with Gasteiger partial charge in [0.25, 0.3) is 0 Å². The highest BCUT2D eigenvalue weighted by Gasteiger charge is 2.33. The number of piperidine rings is 1. The number of amides is 1. The van der Waals surface area contributed by atoms with Crippen LogP contribution in [0.4, 0.5) is 0 Å². The van der Waals surface area contributed by atoms with Crippen LogP contribution in [0.15, 0.2) is 12.5 Å². The van der Waals surface area contributed by atoms with Crippen molar-refractivity contribution in [3.63, 3.8) is 0 Å². The maximum Gasteiger partial charge on any atom is 0.222 e. The molecule has 2 N–H and O–H groups in total. The predicted octanol–water partition coefficient (Wildman–Crippen LogP) is 0.0407. The third kappa shape index (κ3) is 1.63. The Morgan fingerprint density at radius 2 is 2.27 bits per heavy atom. The van der Waals surface area contributed by atoms with Crippen LogP contribution < -0.4 is 5.73 Å². The summed E-state index contributed by atoms with van der Waals surface area (Å²) in [5, 5.41) is 0. The summed E-state index contributed by atoms with van der Waals surface area (Å²) < 4.78 is 1.92. The zero-order valence-electron chi connectivity index (χ0n) is 9.05.